The van der Waals surface area contributed by atoms with Crippen LogP contribution in [0.3, 0.4) is 0 Å². The van der Waals surface area contributed by atoms with Gasteiger partial charge in [-0.05, 0) is 30.7 Å². The van der Waals surface area contributed by atoms with E-state index in [1.807, 2.05) is 55.5 Å². The highest BCUT2D eigenvalue weighted by atomic mass is 14.7. The van der Waals surface area contributed by atoms with Gasteiger partial charge < -0.3 is 0 Å². The topological polar surface area (TPSA) is 36.7 Å². The number of nitrogens with zero attached hydrogens (tertiary/aromatic N) is 2. The molecular weight excluding hydrogens is 208 g/mol. The van der Waals surface area contributed by atoms with E-state index >= 15 is 0 Å². The minimum Gasteiger partial charge on any atom is -0.256 e. The molecule has 0 spiro atoms. The molecule has 1 aromatic carbocycles. The molecule has 1 heterocycles. The Balaban J connectivity index is 2.41. The molecule has 2 heteroatoms. The quantitative estimate of drug-likeness (QED) is 0.727. The summed E-state index contributed by atoms with van der Waals surface area (Å²) in [6.07, 6.45) is 3.55. The Morgan fingerprint density at radius 1 is 1.24 bits per heavy atom. The van der Waals surface area contributed by atoms with Crippen molar-refractivity contribution in [3.05, 3.63) is 65.5 Å². The number of hydrogen-bond donors (Lipinski definition) is 0. The van der Waals surface area contributed by atoms with Crippen molar-refractivity contribution in [3.8, 4) is 6.07 Å². The number of benzene rings is 1. The molecule has 0 bridgehead atoms. The van der Waals surface area contributed by atoms with Crippen LogP contribution >= 0.6 is 0 Å². The normalized spacial score (nSPS) is 10.9. The average Bonchev–Trinajstić information content (AvgIpc) is 2.37. The molecule has 0 radical (unpaired) electrons. The van der Waals surface area contributed by atoms with Crippen molar-refractivity contribution in [2.45, 2.75) is 6.92 Å². The van der Waals surface area contributed by atoms with E-state index in [1.54, 1.807) is 6.20 Å². The van der Waals surface area contributed by atoms with Crippen molar-refractivity contribution in [3.63, 3.8) is 0 Å². The third-order valence-electron chi connectivity index (χ3n) is 2.41. The summed E-state index contributed by atoms with van der Waals surface area (Å²) in [6.45, 7) is 2.03. The van der Waals surface area contributed by atoms with Crippen molar-refractivity contribution in [1.82, 2.24) is 4.98 Å². The molecule has 0 aliphatic carbocycles. The van der Waals surface area contributed by atoms with Gasteiger partial charge in [0.25, 0.3) is 0 Å². The molecule has 0 aliphatic rings. The number of nitriles is 1. The van der Waals surface area contributed by atoms with Crippen LogP contribution in [0.1, 0.15) is 16.8 Å². The highest BCUT2D eigenvalue weighted by Crippen LogP contribution is 2.15. The predicted molar refractivity (Wildman–Crippen MR) is 68.9 cm³/mol. The first-order valence-electron chi connectivity index (χ1n) is 5.39. The van der Waals surface area contributed by atoms with Gasteiger partial charge in [-0.2, -0.15) is 5.26 Å². The molecular formula is C15H12N2. The summed E-state index contributed by atoms with van der Waals surface area (Å²) in [5.74, 6) is 0. The lowest BCUT2D eigenvalue weighted by molar-refractivity contribution is 1.28. The zero-order valence-corrected chi connectivity index (χ0v) is 9.59. The van der Waals surface area contributed by atoms with Crippen LogP contribution in [-0.2, 0) is 0 Å². The second-order valence-corrected chi connectivity index (χ2v) is 3.80. The molecule has 17 heavy (non-hydrogen) atoms. The Hall–Kier alpha value is -2.40. The number of hydrogen-bond acceptors (Lipinski definition) is 2. The van der Waals surface area contributed by atoms with E-state index in [1.165, 1.54) is 5.56 Å². The summed E-state index contributed by atoms with van der Waals surface area (Å²) >= 11 is 0. The Morgan fingerprint density at radius 3 is 2.76 bits per heavy atom. The monoisotopic (exact) mass is 220 g/mol. The first-order valence-corrected chi connectivity index (χ1v) is 5.39. The largest absolute Gasteiger partial charge is 0.256 e. The molecule has 0 atom stereocenters. The smallest absolute Gasteiger partial charge is 0.101 e. The van der Waals surface area contributed by atoms with Gasteiger partial charge in [0.1, 0.15) is 6.07 Å². The van der Waals surface area contributed by atoms with E-state index in [0.29, 0.717) is 11.3 Å². The molecule has 2 nitrogen and oxygen atoms in total. The second kappa shape index (κ2) is 5.09. The summed E-state index contributed by atoms with van der Waals surface area (Å²) in [5.41, 5.74) is 3.48. The summed E-state index contributed by atoms with van der Waals surface area (Å²) in [6, 6.07) is 15.8. The molecule has 0 amide bonds. The molecule has 0 unspecified atom stereocenters. The lowest BCUT2D eigenvalue weighted by atomic mass is 10.1. The van der Waals surface area contributed by atoms with Crippen LogP contribution < -0.4 is 0 Å². The van der Waals surface area contributed by atoms with Crippen LogP contribution in [0, 0.1) is 18.3 Å². The minimum atomic E-state index is 0.580. The summed E-state index contributed by atoms with van der Waals surface area (Å²) in [7, 11) is 0. The van der Waals surface area contributed by atoms with Crippen molar-refractivity contribution < 1.29 is 0 Å². The second-order valence-electron chi connectivity index (χ2n) is 3.80. The lowest BCUT2D eigenvalue weighted by Crippen LogP contribution is -1.86. The highest BCUT2D eigenvalue weighted by Gasteiger charge is 2.01. The van der Waals surface area contributed by atoms with Gasteiger partial charge in [-0.15, -0.1) is 0 Å². The number of aryl methyl sites for hydroxylation is 1. The highest BCUT2D eigenvalue weighted by molar-refractivity contribution is 5.88. The van der Waals surface area contributed by atoms with Crippen LogP contribution in [0.2, 0.25) is 0 Å². The molecule has 0 saturated heterocycles. The maximum atomic E-state index is 9.15. The van der Waals surface area contributed by atoms with Gasteiger partial charge in [-0.25, -0.2) is 0 Å². The number of allylic oxidation sites excluding steroid dienone is 1. The van der Waals surface area contributed by atoms with E-state index in [2.05, 4.69) is 11.1 Å². The lowest BCUT2D eigenvalue weighted by Gasteiger charge is -1.99. The summed E-state index contributed by atoms with van der Waals surface area (Å²) in [4.78, 5) is 4.18. The molecule has 0 N–H and O–H groups in total. The van der Waals surface area contributed by atoms with Crippen molar-refractivity contribution in [2.24, 2.45) is 0 Å². The predicted octanol–water partition coefficient (Wildman–Crippen LogP) is 3.45. The van der Waals surface area contributed by atoms with Gasteiger partial charge in [0.05, 0.1) is 11.3 Å². The standard InChI is InChI=1S/C15H12N2/c1-12-5-4-6-13(9-12)10-14(11-16)15-7-2-3-8-17-15/h2-10H,1H3. The third-order valence-corrected chi connectivity index (χ3v) is 2.41. The molecule has 2 rings (SSSR count). The Kier molecular flexibility index (Phi) is 3.32. The van der Waals surface area contributed by atoms with Gasteiger partial charge >= 0.3 is 0 Å². The van der Waals surface area contributed by atoms with Crippen molar-refractivity contribution in [2.75, 3.05) is 0 Å². The van der Waals surface area contributed by atoms with Crippen LogP contribution in [0.4, 0.5) is 0 Å². The van der Waals surface area contributed by atoms with Gasteiger partial charge in [0, 0.05) is 6.20 Å². The Morgan fingerprint density at radius 2 is 2.12 bits per heavy atom. The van der Waals surface area contributed by atoms with E-state index in [9.17, 15) is 0 Å². The Bertz CT molecular complexity index is 577. The van der Waals surface area contributed by atoms with Gasteiger partial charge in [-0.1, -0.05) is 35.9 Å². The first-order chi connectivity index (χ1) is 8.29. The average molecular weight is 220 g/mol. The minimum absolute atomic E-state index is 0.580. The van der Waals surface area contributed by atoms with Gasteiger partial charge in [-0.3, -0.25) is 4.98 Å². The molecule has 0 saturated carbocycles. The van der Waals surface area contributed by atoms with Crippen molar-refractivity contribution >= 4 is 11.6 Å². The molecule has 0 aliphatic heterocycles. The van der Waals surface area contributed by atoms with Crippen LogP contribution in [0.5, 0.6) is 0 Å². The molecule has 2 aromatic rings. The molecule has 82 valence electrons. The fourth-order valence-corrected chi connectivity index (χ4v) is 1.61. The SMILES string of the molecule is Cc1cccc(C=C(C#N)c2ccccn2)c1. The molecule has 1 aromatic heterocycles. The van der Waals surface area contributed by atoms with Gasteiger partial charge in [0.2, 0.25) is 0 Å². The first kappa shape index (κ1) is 11.1. The maximum Gasteiger partial charge on any atom is 0.101 e. The van der Waals surface area contributed by atoms with E-state index in [-0.39, 0.29) is 0 Å². The zero-order chi connectivity index (χ0) is 12.1. The number of aromatic nitrogens is 1. The van der Waals surface area contributed by atoms with E-state index in [0.717, 1.165) is 5.56 Å². The van der Waals surface area contributed by atoms with Crippen LogP contribution in [0.15, 0.2) is 48.7 Å². The van der Waals surface area contributed by atoms with E-state index in [4.69, 9.17) is 5.26 Å². The number of pyridine rings is 1. The summed E-state index contributed by atoms with van der Waals surface area (Å²) in [5, 5.41) is 9.15. The fourth-order valence-electron chi connectivity index (χ4n) is 1.61. The Labute approximate surface area is 101 Å². The number of rotatable bonds is 2. The van der Waals surface area contributed by atoms with Crippen molar-refractivity contribution in [1.29, 1.82) is 5.26 Å². The molecule has 0 fully saturated rings. The summed E-state index contributed by atoms with van der Waals surface area (Å²) < 4.78 is 0. The van der Waals surface area contributed by atoms with Gasteiger partial charge in [0.15, 0.2) is 0 Å². The fraction of sp³-hybridized carbons (Fsp3) is 0.0667. The third kappa shape index (κ3) is 2.79. The van der Waals surface area contributed by atoms with Crippen LogP contribution in [0.25, 0.3) is 11.6 Å². The van der Waals surface area contributed by atoms with E-state index < -0.39 is 0 Å². The maximum absolute atomic E-state index is 9.15. The zero-order valence-electron chi connectivity index (χ0n) is 9.59. The van der Waals surface area contributed by atoms with Crippen LogP contribution in [-0.4, -0.2) is 4.98 Å².